The van der Waals surface area contributed by atoms with Gasteiger partial charge in [-0.15, -0.1) is 0 Å². The van der Waals surface area contributed by atoms with Crippen LogP contribution in [0.2, 0.25) is 0 Å². The van der Waals surface area contributed by atoms with Crippen LogP contribution < -0.4 is 10.1 Å². The molecule has 8 heteroatoms. The second-order valence-corrected chi connectivity index (χ2v) is 10.2. The number of carbonyl (C=O) groups is 2. The summed E-state index contributed by atoms with van der Waals surface area (Å²) < 4.78 is 12.1. The van der Waals surface area contributed by atoms with Crippen molar-refractivity contribution in [1.29, 1.82) is 0 Å². The van der Waals surface area contributed by atoms with Crippen LogP contribution in [0.1, 0.15) is 49.2 Å². The van der Waals surface area contributed by atoms with E-state index >= 15 is 0 Å². The highest BCUT2D eigenvalue weighted by atomic mass is 16.5. The third-order valence-electron chi connectivity index (χ3n) is 7.41. The molecule has 1 aliphatic carbocycles. The highest BCUT2D eigenvalue weighted by molar-refractivity contribution is 5.99. The Hall–Kier alpha value is -2.97. The minimum Gasteiger partial charge on any atom is -0.491 e. The zero-order valence-electron chi connectivity index (χ0n) is 21.8. The fourth-order valence-corrected chi connectivity index (χ4v) is 4.76. The van der Waals surface area contributed by atoms with E-state index in [4.69, 9.17) is 9.47 Å². The first-order valence-electron chi connectivity index (χ1n) is 12.9. The number of anilines is 1. The van der Waals surface area contributed by atoms with Crippen LogP contribution in [0.4, 0.5) is 5.69 Å². The summed E-state index contributed by atoms with van der Waals surface area (Å²) in [6.07, 6.45) is 4.64. The molecule has 1 aromatic carbocycles. The molecule has 194 valence electrons. The molecule has 8 nitrogen and oxygen atoms in total. The summed E-state index contributed by atoms with van der Waals surface area (Å²) in [5.41, 5.74) is 2.12. The maximum absolute atomic E-state index is 13.4. The topological polar surface area (TPSA) is 84.0 Å². The molecule has 0 spiro atoms. The summed E-state index contributed by atoms with van der Waals surface area (Å²) in [6.45, 7) is 6.59. The van der Waals surface area contributed by atoms with Crippen LogP contribution in [0, 0.1) is 11.8 Å². The van der Waals surface area contributed by atoms with Crippen LogP contribution in [-0.4, -0.2) is 72.6 Å². The van der Waals surface area contributed by atoms with E-state index in [1.54, 1.807) is 37.3 Å². The molecule has 3 atom stereocenters. The number of aromatic nitrogens is 1. The molecule has 1 N–H and O–H groups in total. The van der Waals surface area contributed by atoms with Crippen LogP contribution in [0.25, 0.3) is 0 Å². The Balaban J connectivity index is 1.61. The molecule has 36 heavy (non-hydrogen) atoms. The number of methoxy groups -OCH3 is 1. The molecule has 0 bridgehead atoms. The van der Waals surface area contributed by atoms with E-state index in [9.17, 15) is 9.59 Å². The quantitative estimate of drug-likeness (QED) is 0.680. The normalized spacial score (nSPS) is 24.1. The van der Waals surface area contributed by atoms with Crippen molar-refractivity contribution in [3.63, 3.8) is 0 Å². The maximum atomic E-state index is 13.4. The van der Waals surface area contributed by atoms with Gasteiger partial charge in [-0.2, -0.15) is 0 Å². The molecular formula is C28H38N4O4. The Labute approximate surface area is 214 Å². The number of nitrogens with one attached hydrogen (secondary N) is 1. The van der Waals surface area contributed by atoms with Gasteiger partial charge in [-0.05, 0) is 49.9 Å². The van der Waals surface area contributed by atoms with Crippen molar-refractivity contribution in [2.75, 3.05) is 39.2 Å². The van der Waals surface area contributed by atoms with Crippen molar-refractivity contribution < 1.29 is 19.1 Å². The van der Waals surface area contributed by atoms with Crippen LogP contribution in [0.5, 0.6) is 5.75 Å². The van der Waals surface area contributed by atoms with Gasteiger partial charge in [0, 0.05) is 63.7 Å². The predicted octanol–water partition coefficient (Wildman–Crippen LogP) is 3.83. The van der Waals surface area contributed by atoms with Gasteiger partial charge in [0.25, 0.3) is 5.91 Å². The molecule has 0 unspecified atom stereocenters. The van der Waals surface area contributed by atoms with E-state index in [0.29, 0.717) is 36.7 Å². The minimum absolute atomic E-state index is 0.0321. The van der Waals surface area contributed by atoms with E-state index in [-0.39, 0.29) is 35.8 Å². The smallest absolute Gasteiger partial charge is 0.257 e. The van der Waals surface area contributed by atoms with Crippen molar-refractivity contribution in [2.24, 2.45) is 11.8 Å². The van der Waals surface area contributed by atoms with Crippen LogP contribution in [0.3, 0.4) is 0 Å². The number of amides is 2. The Kier molecular flexibility index (Phi) is 8.59. The van der Waals surface area contributed by atoms with Gasteiger partial charge in [-0.1, -0.05) is 19.4 Å². The number of benzene rings is 1. The van der Waals surface area contributed by atoms with Crippen LogP contribution in [0.15, 0.2) is 42.6 Å². The predicted molar refractivity (Wildman–Crippen MR) is 139 cm³/mol. The molecular weight excluding hydrogens is 456 g/mol. The summed E-state index contributed by atoms with van der Waals surface area (Å²) in [5, 5.41) is 3.00. The van der Waals surface area contributed by atoms with E-state index in [2.05, 4.69) is 29.0 Å². The second kappa shape index (κ2) is 11.8. The summed E-state index contributed by atoms with van der Waals surface area (Å²) >= 11 is 0. The fraction of sp³-hybridized carbons (Fsp3) is 0.536. The van der Waals surface area contributed by atoms with Crippen molar-refractivity contribution in [1.82, 2.24) is 14.8 Å². The lowest BCUT2D eigenvalue weighted by atomic mass is 9.85. The van der Waals surface area contributed by atoms with Gasteiger partial charge in [0.1, 0.15) is 12.4 Å². The number of ether oxygens (including phenoxy) is 2. The molecule has 2 heterocycles. The van der Waals surface area contributed by atoms with Gasteiger partial charge < -0.3 is 19.7 Å². The Morgan fingerprint density at radius 2 is 2.00 bits per heavy atom. The first kappa shape index (κ1) is 26.1. The van der Waals surface area contributed by atoms with E-state index < -0.39 is 0 Å². The number of carbonyl (C=O) groups excluding carboxylic acids is 2. The zero-order valence-corrected chi connectivity index (χ0v) is 21.8. The fourth-order valence-electron chi connectivity index (χ4n) is 4.76. The molecule has 1 fully saturated rings. The summed E-state index contributed by atoms with van der Waals surface area (Å²) in [5.74, 6) is 0.636. The van der Waals surface area contributed by atoms with E-state index in [1.807, 2.05) is 24.4 Å². The van der Waals surface area contributed by atoms with Gasteiger partial charge in [0.2, 0.25) is 5.91 Å². The Morgan fingerprint density at radius 3 is 2.67 bits per heavy atom. The molecule has 4 rings (SSSR count). The average Bonchev–Trinajstić information content (AvgIpc) is 2.83. The van der Waals surface area contributed by atoms with Crippen LogP contribution >= 0.6 is 0 Å². The van der Waals surface area contributed by atoms with Gasteiger partial charge >= 0.3 is 0 Å². The zero-order chi connectivity index (χ0) is 25.7. The van der Waals surface area contributed by atoms with Crippen LogP contribution in [-0.2, 0) is 16.1 Å². The van der Waals surface area contributed by atoms with E-state index in [0.717, 1.165) is 31.5 Å². The number of hydrogen-bond donors (Lipinski definition) is 1. The highest BCUT2D eigenvalue weighted by Gasteiger charge is 2.29. The minimum atomic E-state index is -0.130. The molecule has 1 aromatic heterocycles. The first-order chi connectivity index (χ1) is 17.4. The van der Waals surface area contributed by atoms with Crippen molar-refractivity contribution in [3.8, 4) is 5.75 Å². The monoisotopic (exact) mass is 494 g/mol. The molecule has 1 aliphatic heterocycles. The number of fused-ring (bicyclic) bond motifs is 1. The molecule has 2 aromatic rings. The molecule has 0 radical (unpaired) electrons. The number of hydrogen-bond acceptors (Lipinski definition) is 6. The number of pyridine rings is 1. The number of likely N-dealkylation sites (N-methyl/N-ethyl adjacent to an activating group) is 1. The lowest BCUT2D eigenvalue weighted by molar-refractivity contribution is -0.122. The van der Waals surface area contributed by atoms with Crippen molar-refractivity contribution in [3.05, 3.63) is 53.9 Å². The molecule has 1 saturated carbocycles. The largest absolute Gasteiger partial charge is 0.491 e. The number of nitrogens with zero attached hydrogens (tertiary/aromatic N) is 3. The molecule has 0 saturated heterocycles. The summed E-state index contributed by atoms with van der Waals surface area (Å²) in [4.78, 5) is 34.4. The maximum Gasteiger partial charge on any atom is 0.257 e. The van der Waals surface area contributed by atoms with Gasteiger partial charge in [-0.25, -0.2) is 0 Å². The third kappa shape index (κ3) is 6.23. The standard InChI is InChI=1S/C28H38N4O4/c1-19-15-32(16-23-10-5-6-13-29-23)20(2)18-36-25-14-22(30-27(33)21-8-7-9-21)11-12-24(25)28(34)31(3)17-26(19)35-4/h5-6,10-14,19-21,26H,7-9,15-18H2,1-4H3,(H,30,33)/t19-,20-,26+/m0/s1. The SMILES string of the molecule is CO[C@@H]1CN(C)C(=O)c2ccc(NC(=O)C3CCC3)cc2OC[C@H](C)N(Cc2ccccn2)C[C@@H]1C. The van der Waals surface area contributed by atoms with Gasteiger partial charge in [0.05, 0.1) is 17.4 Å². The van der Waals surface area contributed by atoms with E-state index in [1.165, 1.54) is 0 Å². The first-order valence-corrected chi connectivity index (χ1v) is 12.9. The Morgan fingerprint density at radius 1 is 1.19 bits per heavy atom. The number of rotatable bonds is 5. The molecule has 2 aliphatic rings. The lowest BCUT2D eigenvalue weighted by Crippen LogP contribution is -2.46. The molecule has 2 amide bonds. The second-order valence-electron chi connectivity index (χ2n) is 10.2. The van der Waals surface area contributed by atoms with Crippen molar-refractivity contribution in [2.45, 2.75) is 51.8 Å². The van der Waals surface area contributed by atoms with Gasteiger partial charge in [-0.3, -0.25) is 19.5 Å². The summed E-state index contributed by atoms with van der Waals surface area (Å²) in [7, 11) is 3.49. The Bertz CT molecular complexity index is 1040. The summed E-state index contributed by atoms with van der Waals surface area (Å²) in [6, 6.07) is 11.3. The average molecular weight is 495 g/mol. The van der Waals surface area contributed by atoms with Gasteiger partial charge in [0.15, 0.2) is 0 Å². The van der Waals surface area contributed by atoms with Crippen molar-refractivity contribution >= 4 is 17.5 Å². The lowest BCUT2D eigenvalue weighted by Gasteiger charge is -2.36. The highest BCUT2D eigenvalue weighted by Crippen LogP contribution is 2.30. The third-order valence-corrected chi connectivity index (χ3v) is 7.41.